The van der Waals surface area contributed by atoms with Gasteiger partial charge in [0.1, 0.15) is 5.57 Å². The van der Waals surface area contributed by atoms with Gasteiger partial charge in [-0.1, -0.05) is 12.1 Å². The lowest BCUT2D eigenvalue weighted by Gasteiger charge is -2.26. The molecule has 2 heterocycles. The monoisotopic (exact) mass is 326 g/mol. The van der Waals surface area contributed by atoms with Crippen LogP contribution in [-0.2, 0) is 9.59 Å². The summed E-state index contributed by atoms with van der Waals surface area (Å²) in [5, 5.41) is 2.22. The third-order valence-electron chi connectivity index (χ3n) is 3.41. The summed E-state index contributed by atoms with van der Waals surface area (Å²) in [6.45, 7) is 3.81. The number of carbonyl (C=O) groups is 3. The molecule has 6 heteroatoms. The van der Waals surface area contributed by atoms with Crippen LogP contribution < -0.4 is 10.2 Å². The third kappa shape index (κ3) is 2.93. The van der Waals surface area contributed by atoms with E-state index in [9.17, 15) is 14.4 Å². The molecular formula is C17H14N2O3S. The molecule has 1 aromatic carbocycles. The van der Waals surface area contributed by atoms with E-state index in [1.165, 1.54) is 17.4 Å². The van der Waals surface area contributed by atoms with E-state index in [1.54, 1.807) is 18.2 Å². The number of thiophene rings is 1. The molecule has 4 amide bonds. The Hall–Kier alpha value is -2.73. The van der Waals surface area contributed by atoms with Crippen LogP contribution in [0.15, 0.2) is 42.0 Å². The molecule has 1 aliphatic heterocycles. The average molecular weight is 326 g/mol. The first-order valence-electron chi connectivity index (χ1n) is 7.00. The molecule has 1 aromatic heterocycles. The Bertz CT molecular complexity index is 851. The highest BCUT2D eigenvalue weighted by Gasteiger charge is 2.36. The molecule has 23 heavy (non-hydrogen) atoms. The van der Waals surface area contributed by atoms with Gasteiger partial charge >= 0.3 is 6.03 Å². The highest BCUT2D eigenvalue weighted by atomic mass is 32.1. The van der Waals surface area contributed by atoms with Crippen LogP contribution in [-0.4, -0.2) is 17.8 Å². The van der Waals surface area contributed by atoms with Crippen LogP contribution in [0, 0.1) is 13.8 Å². The minimum Gasteiger partial charge on any atom is -0.273 e. The number of imide groups is 2. The van der Waals surface area contributed by atoms with Crippen molar-refractivity contribution in [1.29, 1.82) is 0 Å². The second-order valence-corrected chi connectivity index (χ2v) is 6.56. The number of benzene rings is 1. The van der Waals surface area contributed by atoms with Crippen molar-refractivity contribution in [2.45, 2.75) is 13.8 Å². The van der Waals surface area contributed by atoms with Gasteiger partial charge in [0.25, 0.3) is 11.8 Å². The maximum Gasteiger partial charge on any atom is 0.335 e. The molecule has 0 atom stereocenters. The molecule has 1 aliphatic rings. The second-order valence-electron chi connectivity index (χ2n) is 5.25. The van der Waals surface area contributed by atoms with E-state index in [-0.39, 0.29) is 5.57 Å². The number of hydrogen-bond acceptors (Lipinski definition) is 4. The predicted octanol–water partition coefficient (Wildman–Crippen LogP) is 3.03. The van der Waals surface area contributed by atoms with E-state index >= 15 is 0 Å². The zero-order valence-electron chi connectivity index (χ0n) is 12.6. The molecule has 0 bridgehead atoms. The normalized spacial score (nSPS) is 16.9. The first kappa shape index (κ1) is 15.2. The first-order chi connectivity index (χ1) is 11.0. The number of amides is 4. The summed E-state index contributed by atoms with van der Waals surface area (Å²) < 4.78 is 0. The Morgan fingerprint density at radius 3 is 2.52 bits per heavy atom. The SMILES string of the molecule is Cc1cccc(N2C(=O)NC(=O)/C(=C/c3ccc(C)s3)C2=O)c1. The maximum absolute atomic E-state index is 12.6. The van der Waals surface area contributed by atoms with Gasteiger partial charge in [0.05, 0.1) is 5.69 Å². The fourth-order valence-electron chi connectivity index (χ4n) is 2.33. The van der Waals surface area contributed by atoms with Gasteiger partial charge in [0, 0.05) is 9.75 Å². The Morgan fingerprint density at radius 1 is 1.09 bits per heavy atom. The van der Waals surface area contributed by atoms with Crippen molar-refractivity contribution in [2.24, 2.45) is 0 Å². The molecule has 0 aliphatic carbocycles. The Kier molecular flexibility index (Phi) is 3.83. The smallest absolute Gasteiger partial charge is 0.273 e. The second kappa shape index (κ2) is 5.81. The van der Waals surface area contributed by atoms with Gasteiger partial charge in [-0.25, -0.2) is 9.69 Å². The van der Waals surface area contributed by atoms with Crippen molar-refractivity contribution in [3.8, 4) is 0 Å². The molecule has 1 fully saturated rings. The standard InChI is InChI=1S/C17H14N2O3S/c1-10-4-3-5-12(8-10)19-16(21)14(15(20)18-17(19)22)9-13-7-6-11(2)23-13/h3-9H,1-2H3,(H,18,20,22)/b14-9-. The van der Waals surface area contributed by atoms with Crippen LogP contribution >= 0.6 is 11.3 Å². The van der Waals surface area contributed by atoms with Gasteiger partial charge in [-0.3, -0.25) is 14.9 Å². The van der Waals surface area contributed by atoms with Gasteiger partial charge in [-0.2, -0.15) is 0 Å². The largest absolute Gasteiger partial charge is 0.335 e. The summed E-state index contributed by atoms with van der Waals surface area (Å²) in [5.41, 5.74) is 1.31. The molecule has 0 radical (unpaired) electrons. The van der Waals surface area contributed by atoms with Gasteiger partial charge in [-0.05, 0) is 49.8 Å². The summed E-state index contributed by atoms with van der Waals surface area (Å²) in [5.74, 6) is -1.29. The van der Waals surface area contributed by atoms with Crippen LogP contribution in [0.25, 0.3) is 6.08 Å². The van der Waals surface area contributed by atoms with E-state index in [0.29, 0.717) is 5.69 Å². The van der Waals surface area contributed by atoms with Crippen LogP contribution in [0.2, 0.25) is 0 Å². The Balaban J connectivity index is 2.02. The van der Waals surface area contributed by atoms with E-state index in [0.717, 1.165) is 20.2 Å². The minimum absolute atomic E-state index is 0.0482. The summed E-state index contributed by atoms with van der Waals surface area (Å²) in [4.78, 5) is 39.6. The molecule has 116 valence electrons. The fraction of sp³-hybridized carbons (Fsp3) is 0.118. The van der Waals surface area contributed by atoms with Crippen molar-refractivity contribution < 1.29 is 14.4 Å². The highest BCUT2D eigenvalue weighted by molar-refractivity contribution is 7.12. The fourth-order valence-corrected chi connectivity index (χ4v) is 3.15. The number of nitrogens with one attached hydrogen (secondary N) is 1. The molecule has 5 nitrogen and oxygen atoms in total. The summed E-state index contributed by atoms with van der Waals surface area (Å²) in [6.07, 6.45) is 1.52. The topological polar surface area (TPSA) is 66.5 Å². The highest BCUT2D eigenvalue weighted by Crippen LogP contribution is 2.24. The number of nitrogens with zero attached hydrogens (tertiary/aromatic N) is 1. The van der Waals surface area contributed by atoms with Gasteiger partial charge in [0.2, 0.25) is 0 Å². The molecule has 1 saturated heterocycles. The molecular weight excluding hydrogens is 312 g/mol. The molecule has 3 rings (SSSR count). The van der Waals surface area contributed by atoms with Crippen molar-refractivity contribution in [3.05, 3.63) is 57.3 Å². The zero-order valence-corrected chi connectivity index (χ0v) is 13.4. The minimum atomic E-state index is -0.731. The number of aryl methyl sites for hydroxylation is 2. The van der Waals surface area contributed by atoms with Gasteiger partial charge in [0.15, 0.2) is 0 Å². The average Bonchev–Trinajstić information content (AvgIpc) is 2.89. The van der Waals surface area contributed by atoms with Crippen LogP contribution in [0.1, 0.15) is 15.3 Å². The molecule has 0 spiro atoms. The number of urea groups is 1. The lowest BCUT2D eigenvalue weighted by molar-refractivity contribution is -0.122. The summed E-state index contributed by atoms with van der Waals surface area (Å²) >= 11 is 1.47. The molecule has 0 saturated carbocycles. The quantitative estimate of drug-likeness (QED) is 0.681. The predicted molar refractivity (Wildman–Crippen MR) is 89.2 cm³/mol. The van der Waals surface area contributed by atoms with E-state index in [1.807, 2.05) is 32.0 Å². The van der Waals surface area contributed by atoms with E-state index in [2.05, 4.69) is 5.32 Å². The Labute approximate surface area is 137 Å². The van der Waals surface area contributed by atoms with Crippen molar-refractivity contribution in [2.75, 3.05) is 4.90 Å². The number of barbiturate groups is 1. The molecule has 1 N–H and O–H groups in total. The van der Waals surface area contributed by atoms with E-state index < -0.39 is 17.8 Å². The summed E-state index contributed by atoms with van der Waals surface area (Å²) in [6, 6.07) is 10.0. The summed E-state index contributed by atoms with van der Waals surface area (Å²) in [7, 11) is 0. The third-order valence-corrected chi connectivity index (χ3v) is 4.36. The van der Waals surface area contributed by atoms with Crippen LogP contribution in [0.5, 0.6) is 0 Å². The van der Waals surface area contributed by atoms with Crippen molar-refractivity contribution in [3.63, 3.8) is 0 Å². The lowest BCUT2D eigenvalue weighted by atomic mass is 10.1. The molecule has 0 unspecified atom stereocenters. The number of rotatable bonds is 2. The lowest BCUT2D eigenvalue weighted by Crippen LogP contribution is -2.54. The number of anilines is 1. The van der Waals surface area contributed by atoms with Gasteiger partial charge < -0.3 is 0 Å². The Morgan fingerprint density at radius 2 is 1.87 bits per heavy atom. The first-order valence-corrected chi connectivity index (χ1v) is 7.82. The maximum atomic E-state index is 12.6. The van der Waals surface area contributed by atoms with Crippen LogP contribution in [0.3, 0.4) is 0 Å². The van der Waals surface area contributed by atoms with E-state index in [4.69, 9.17) is 0 Å². The number of carbonyl (C=O) groups excluding carboxylic acids is 3. The zero-order chi connectivity index (χ0) is 16.6. The van der Waals surface area contributed by atoms with Crippen molar-refractivity contribution >= 4 is 40.9 Å². The number of hydrogen-bond donors (Lipinski definition) is 1. The van der Waals surface area contributed by atoms with Crippen molar-refractivity contribution in [1.82, 2.24) is 5.32 Å². The molecule has 2 aromatic rings. The van der Waals surface area contributed by atoms with Crippen LogP contribution in [0.4, 0.5) is 10.5 Å². The van der Waals surface area contributed by atoms with Gasteiger partial charge in [-0.15, -0.1) is 11.3 Å².